The molecule has 0 fully saturated rings. The van der Waals surface area contributed by atoms with Gasteiger partial charge in [-0.1, -0.05) is 17.3 Å². The lowest BCUT2D eigenvalue weighted by Gasteiger charge is -1.97. The number of nitro benzene ring substituents is 1. The summed E-state index contributed by atoms with van der Waals surface area (Å²) >= 11 is 0. The molecule has 0 aliphatic carbocycles. The third-order valence-corrected chi connectivity index (χ3v) is 2.00. The van der Waals surface area contributed by atoms with Crippen LogP contribution < -0.4 is 0 Å². The Morgan fingerprint density at radius 1 is 1.50 bits per heavy atom. The summed E-state index contributed by atoms with van der Waals surface area (Å²) in [6.45, 7) is 0.554. The molecule has 72 valence electrons. The Morgan fingerprint density at radius 2 is 2.36 bits per heavy atom. The fraction of sp³-hybridized carbons (Fsp3) is 0.222. The molecule has 0 saturated carbocycles. The number of rotatable bonds is 2. The molecule has 0 spiro atoms. The molecule has 14 heavy (non-hydrogen) atoms. The molecular weight excluding hydrogens is 184 g/mol. The van der Waals surface area contributed by atoms with Gasteiger partial charge in [-0.3, -0.25) is 10.1 Å². The summed E-state index contributed by atoms with van der Waals surface area (Å²) in [5.74, 6) is 0. The molecule has 1 aliphatic rings. The molecule has 2 rings (SSSR count). The highest BCUT2D eigenvalue weighted by Crippen LogP contribution is 2.17. The minimum Gasteiger partial charge on any atom is -0.395 e. The predicted molar refractivity (Wildman–Crippen MR) is 50.2 cm³/mol. The van der Waals surface area contributed by atoms with Gasteiger partial charge in [0.05, 0.1) is 10.6 Å². The molecule has 0 radical (unpaired) electrons. The van der Waals surface area contributed by atoms with Crippen molar-refractivity contribution in [1.82, 2.24) is 0 Å². The zero-order valence-electron chi connectivity index (χ0n) is 7.34. The number of nitrogens with zero attached hydrogens (tertiary/aromatic N) is 2. The maximum Gasteiger partial charge on any atom is 0.270 e. The molecule has 0 unspecified atom stereocenters. The number of benzene rings is 1. The van der Waals surface area contributed by atoms with E-state index in [9.17, 15) is 10.1 Å². The highest BCUT2D eigenvalue weighted by molar-refractivity contribution is 6.01. The first-order valence-electron chi connectivity index (χ1n) is 4.21. The fourth-order valence-electron chi connectivity index (χ4n) is 1.31. The molecule has 0 N–H and O–H groups in total. The first-order valence-corrected chi connectivity index (χ1v) is 4.21. The Hall–Kier alpha value is -1.91. The van der Waals surface area contributed by atoms with Gasteiger partial charge in [-0.15, -0.1) is 0 Å². The van der Waals surface area contributed by atoms with Crippen LogP contribution in [0.25, 0.3) is 0 Å². The number of hydrogen-bond acceptors (Lipinski definition) is 4. The van der Waals surface area contributed by atoms with E-state index in [1.165, 1.54) is 12.1 Å². The van der Waals surface area contributed by atoms with E-state index in [4.69, 9.17) is 4.84 Å². The predicted octanol–water partition coefficient (Wildman–Crippen LogP) is 1.72. The Morgan fingerprint density at radius 3 is 3.00 bits per heavy atom. The van der Waals surface area contributed by atoms with E-state index < -0.39 is 4.92 Å². The van der Waals surface area contributed by atoms with Gasteiger partial charge in [-0.25, -0.2) is 0 Å². The second-order valence-corrected chi connectivity index (χ2v) is 2.93. The van der Waals surface area contributed by atoms with Crippen molar-refractivity contribution in [2.45, 2.75) is 6.42 Å². The average Bonchev–Trinajstić information content (AvgIpc) is 2.71. The molecule has 5 nitrogen and oxygen atoms in total. The summed E-state index contributed by atoms with van der Waals surface area (Å²) in [5.41, 5.74) is 1.61. The minimum absolute atomic E-state index is 0.0806. The van der Waals surface area contributed by atoms with Crippen molar-refractivity contribution >= 4 is 11.4 Å². The van der Waals surface area contributed by atoms with Crippen LogP contribution in [0.4, 0.5) is 5.69 Å². The van der Waals surface area contributed by atoms with Crippen molar-refractivity contribution in [2.24, 2.45) is 5.16 Å². The number of oxime groups is 1. The summed E-state index contributed by atoms with van der Waals surface area (Å²) < 4.78 is 0. The summed E-state index contributed by atoms with van der Waals surface area (Å²) in [7, 11) is 0. The maximum atomic E-state index is 10.5. The van der Waals surface area contributed by atoms with Gasteiger partial charge in [-0.2, -0.15) is 0 Å². The van der Waals surface area contributed by atoms with Crippen molar-refractivity contribution in [3.05, 3.63) is 39.9 Å². The van der Waals surface area contributed by atoms with Crippen LogP contribution in [-0.2, 0) is 4.84 Å². The van der Waals surface area contributed by atoms with E-state index in [1.807, 2.05) is 0 Å². The van der Waals surface area contributed by atoms with Crippen molar-refractivity contribution in [3.63, 3.8) is 0 Å². The van der Waals surface area contributed by atoms with E-state index in [0.717, 1.165) is 11.3 Å². The molecule has 1 aromatic carbocycles. The second-order valence-electron chi connectivity index (χ2n) is 2.93. The van der Waals surface area contributed by atoms with Crippen molar-refractivity contribution < 1.29 is 9.76 Å². The number of hydrogen-bond donors (Lipinski definition) is 0. The SMILES string of the molecule is O=[N+]([O-])c1cccc(C2=NOCC2)c1. The van der Waals surface area contributed by atoms with E-state index >= 15 is 0 Å². The van der Waals surface area contributed by atoms with Crippen molar-refractivity contribution in [2.75, 3.05) is 6.61 Å². The lowest BCUT2D eigenvalue weighted by atomic mass is 10.1. The zero-order chi connectivity index (χ0) is 9.97. The Labute approximate surface area is 80.1 Å². The minimum atomic E-state index is -0.417. The van der Waals surface area contributed by atoms with Gasteiger partial charge >= 0.3 is 0 Å². The monoisotopic (exact) mass is 192 g/mol. The Balaban J connectivity index is 2.34. The third-order valence-electron chi connectivity index (χ3n) is 2.00. The average molecular weight is 192 g/mol. The van der Waals surface area contributed by atoms with Crippen LogP contribution in [0.15, 0.2) is 29.4 Å². The molecular formula is C9H8N2O3. The van der Waals surface area contributed by atoms with Crippen LogP contribution >= 0.6 is 0 Å². The number of nitro groups is 1. The second kappa shape index (κ2) is 3.45. The van der Waals surface area contributed by atoms with Gasteiger partial charge in [0.25, 0.3) is 5.69 Å². The highest BCUT2D eigenvalue weighted by atomic mass is 16.6. The first kappa shape index (κ1) is 8.68. The first-order chi connectivity index (χ1) is 6.77. The lowest BCUT2D eigenvalue weighted by Crippen LogP contribution is -1.98. The number of non-ortho nitro benzene ring substituents is 1. The largest absolute Gasteiger partial charge is 0.395 e. The fourth-order valence-corrected chi connectivity index (χ4v) is 1.31. The van der Waals surface area contributed by atoms with Crippen LogP contribution in [0.1, 0.15) is 12.0 Å². The van der Waals surface area contributed by atoms with Crippen LogP contribution in [0, 0.1) is 10.1 Å². The molecule has 0 amide bonds. The van der Waals surface area contributed by atoms with Gasteiger partial charge in [-0.05, 0) is 0 Å². The maximum absolute atomic E-state index is 10.5. The molecule has 0 saturated heterocycles. The van der Waals surface area contributed by atoms with E-state index in [0.29, 0.717) is 13.0 Å². The standard InChI is InChI=1S/C9H8N2O3/c12-11(13)8-3-1-2-7(6-8)9-4-5-14-10-9/h1-3,6H,4-5H2. The summed E-state index contributed by atoms with van der Waals surface area (Å²) in [5, 5.41) is 14.3. The molecule has 0 aromatic heterocycles. The van der Waals surface area contributed by atoms with E-state index in [-0.39, 0.29) is 5.69 Å². The Kier molecular flexibility index (Phi) is 2.14. The van der Waals surface area contributed by atoms with Gasteiger partial charge in [0.15, 0.2) is 0 Å². The van der Waals surface area contributed by atoms with Gasteiger partial charge in [0.1, 0.15) is 6.61 Å². The zero-order valence-corrected chi connectivity index (χ0v) is 7.34. The molecule has 1 aromatic rings. The van der Waals surface area contributed by atoms with Gasteiger partial charge in [0.2, 0.25) is 0 Å². The van der Waals surface area contributed by atoms with E-state index in [1.54, 1.807) is 12.1 Å². The summed E-state index contributed by atoms with van der Waals surface area (Å²) in [6.07, 6.45) is 0.709. The van der Waals surface area contributed by atoms with Crippen LogP contribution in [0.5, 0.6) is 0 Å². The van der Waals surface area contributed by atoms with E-state index in [2.05, 4.69) is 5.16 Å². The third kappa shape index (κ3) is 1.56. The lowest BCUT2D eigenvalue weighted by molar-refractivity contribution is -0.384. The molecule has 0 atom stereocenters. The molecule has 5 heteroatoms. The Bertz CT molecular complexity index is 401. The van der Waals surface area contributed by atoms with Gasteiger partial charge < -0.3 is 4.84 Å². The smallest absolute Gasteiger partial charge is 0.270 e. The highest BCUT2D eigenvalue weighted by Gasteiger charge is 2.13. The van der Waals surface area contributed by atoms with Crippen LogP contribution in [0.2, 0.25) is 0 Å². The van der Waals surface area contributed by atoms with Crippen LogP contribution in [-0.4, -0.2) is 17.2 Å². The summed E-state index contributed by atoms with van der Waals surface area (Å²) in [4.78, 5) is 14.9. The summed E-state index contributed by atoms with van der Waals surface area (Å²) in [6, 6.07) is 6.40. The normalized spacial score (nSPS) is 14.7. The van der Waals surface area contributed by atoms with Gasteiger partial charge in [0, 0.05) is 24.1 Å². The topological polar surface area (TPSA) is 64.7 Å². The molecule has 1 heterocycles. The quantitative estimate of drug-likeness (QED) is 0.529. The molecule has 1 aliphatic heterocycles. The van der Waals surface area contributed by atoms with Crippen LogP contribution in [0.3, 0.4) is 0 Å². The molecule has 0 bridgehead atoms. The van der Waals surface area contributed by atoms with Crippen molar-refractivity contribution in [3.8, 4) is 0 Å². The van der Waals surface area contributed by atoms with Crippen molar-refractivity contribution in [1.29, 1.82) is 0 Å².